The summed E-state index contributed by atoms with van der Waals surface area (Å²) >= 11 is 6.65. The van der Waals surface area contributed by atoms with Gasteiger partial charge in [0.1, 0.15) is 10.7 Å². The van der Waals surface area contributed by atoms with Crippen LogP contribution in [-0.4, -0.2) is 23.1 Å². The zero-order chi connectivity index (χ0) is 21.0. The predicted octanol–water partition coefficient (Wildman–Crippen LogP) is 5.23. The van der Waals surface area contributed by atoms with Gasteiger partial charge in [0.15, 0.2) is 5.11 Å². The first-order valence-electron chi connectivity index (χ1n) is 8.49. The molecule has 9 heteroatoms. The lowest BCUT2D eigenvalue weighted by Crippen LogP contribution is -2.20. The van der Waals surface area contributed by atoms with Gasteiger partial charge in [0.2, 0.25) is 0 Å². The molecule has 0 aliphatic carbocycles. The molecule has 0 spiro atoms. The third kappa shape index (κ3) is 4.76. The van der Waals surface area contributed by atoms with E-state index in [1.807, 2.05) is 30.3 Å². The van der Waals surface area contributed by atoms with Crippen molar-refractivity contribution in [1.82, 2.24) is 0 Å². The van der Waals surface area contributed by atoms with Gasteiger partial charge in [-0.3, -0.25) is 10.1 Å². The molecule has 0 unspecified atom stereocenters. The highest BCUT2D eigenvalue weighted by Gasteiger charge is 2.20. The first-order valence-corrected chi connectivity index (χ1v) is 9.72. The predicted molar refractivity (Wildman–Crippen MR) is 119 cm³/mol. The number of thiophene rings is 1. The summed E-state index contributed by atoms with van der Waals surface area (Å²) in [7, 11) is 1.30. The molecule has 1 aromatic heterocycles. The molecule has 0 aliphatic rings. The van der Waals surface area contributed by atoms with E-state index in [1.165, 1.54) is 24.5 Å². The fourth-order valence-corrected chi connectivity index (χ4v) is 3.98. The number of hydrogen-bond acceptors (Lipinski definition) is 6. The summed E-state index contributed by atoms with van der Waals surface area (Å²) in [5, 5.41) is 17.7. The number of nitro benzene ring substituents is 1. The Hall–Kier alpha value is -3.30. The minimum absolute atomic E-state index is 0.0847. The molecule has 0 saturated heterocycles. The molecule has 0 radical (unpaired) electrons. The summed E-state index contributed by atoms with van der Waals surface area (Å²) in [6, 6.07) is 16.1. The number of anilines is 2. The van der Waals surface area contributed by atoms with Crippen LogP contribution in [0.2, 0.25) is 0 Å². The lowest BCUT2D eigenvalue weighted by Gasteiger charge is -2.11. The number of hydrogen-bond donors (Lipinski definition) is 2. The van der Waals surface area contributed by atoms with Crippen molar-refractivity contribution >= 4 is 51.0 Å². The van der Waals surface area contributed by atoms with Gasteiger partial charge in [-0.05, 0) is 42.4 Å². The van der Waals surface area contributed by atoms with E-state index in [2.05, 4.69) is 10.6 Å². The number of nitro groups is 1. The van der Waals surface area contributed by atoms with Gasteiger partial charge in [-0.15, -0.1) is 11.3 Å². The smallest absolute Gasteiger partial charge is 0.340 e. The molecule has 0 fully saturated rings. The normalized spacial score (nSPS) is 10.3. The van der Waals surface area contributed by atoms with Crippen LogP contribution in [0.15, 0.2) is 54.6 Å². The molecule has 2 aromatic carbocycles. The van der Waals surface area contributed by atoms with Gasteiger partial charge in [0.25, 0.3) is 5.69 Å². The lowest BCUT2D eigenvalue weighted by molar-refractivity contribution is -0.383. The van der Waals surface area contributed by atoms with Crippen LogP contribution in [0, 0.1) is 17.0 Å². The Morgan fingerprint density at radius 1 is 1.14 bits per heavy atom. The summed E-state index contributed by atoms with van der Waals surface area (Å²) in [6.45, 7) is 1.77. The van der Waals surface area contributed by atoms with Gasteiger partial charge < -0.3 is 15.4 Å². The average Bonchev–Trinajstić information content (AvgIpc) is 3.13. The Morgan fingerprint density at radius 2 is 1.86 bits per heavy atom. The molecule has 0 atom stereocenters. The number of aryl methyl sites for hydroxylation is 1. The number of esters is 1. The first-order chi connectivity index (χ1) is 13.9. The van der Waals surface area contributed by atoms with Crippen molar-refractivity contribution in [2.45, 2.75) is 6.92 Å². The Kier molecular flexibility index (Phi) is 6.20. The summed E-state index contributed by atoms with van der Waals surface area (Å²) in [4.78, 5) is 23.9. The van der Waals surface area contributed by atoms with E-state index < -0.39 is 10.9 Å². The van der Waals surface area contributed by atoms with Gasteiger partial charge >= 0.3 is 5.97 Å². The maximum Gasteiger partial charge on any atom is 0.340 e. The fraction of sp³-hybridized carbons (Fsp3) is 0.100. The summed E-state index contributed by atoms with van der Waals surface area (Å²) in [6.07, 6.45) is 0. The van der Waals surface area contributed by atoms with Crippen molar-refractivity contribution in [1.29, 1.82) is 0 Å². The van der Waals surface area contributed by atoms with Gasteiger partial charge in [0, 0.05) is 10.9 Å². The molecule has 0 amide bonds. The monoisotopic (exact) mass is 427 g/mol. The molecular formula is C20H17N3O4S2. The fourth-order valence-electron chi connectivity index (χ4n) is 2.65. The van der Waals surface area contributed by atoms with Crippen molar-refractivity contribution in [3.05, 3.63) is 75.8 Å². The summed E-state index contributed by atoms with van der Waals surface area (Å²) < 4.78 is 4.86. The largest absolute Gasteiger partial charge is 0.465 e. The molecule has 7 nitrogen and oxygen atoms in total. The summed E-state index contributed by atoms with van der Waals surface area (Å²) in [5.74, 6) is -0.505. The number of methoxy groups -OCH3 is 1. The molecule has 0 bridgehead atoms. The van der Waals surface area contributed by atoms with Gasteiger partial charge in [0.05, 0.1) is 17.6 Å². The van der Waals surface area contributed by atoms with Crippen LogP contribution < -0.4 is 10.6 Å². The van der Waals surface area contributed by atoms with Crippen LogP contribution in [0.1, 0.15) is 15.9 Å². The Labute approximate surface area is 176 Å². The molecule has 0 aliphatic heterocycles. The topological polar surface area (TPSA) is 93.5 Å². The van der Waals surface area contributed by atoms with Crippen LogP contribution in [0.25, 0.3) is 10.4 Å². The molecule has 148 valence electrons. The quantitative estimate of drug-likeness (QED) is 0.249. The van der Waals surface area contributed by atoms with E-state index in [1.54, 1.807) is 25.1 Å². The van der Waals surface area contributed by atoms with E-state index in [0.29, 0.717) is 10.6 Å². The first kappa shape index (κ1) is 20.4. The molecule has 2 N–H and O–H groups in total. The van der Waals surface area contributed by atoms with Crippen LogP contribution >= 0.6 is 23.6 Å². The van der Waals surface area contributed by atoms with Gasteiger partial charge in [-0.2, -0.15) is 0 Å². The highest BCUT2D eigenvalue weighted by molar-refractivity contribution is 7.80. The Bertz CT molecular complexity index is 1080. The van der Waals surface area contributed by atoms with E-state index in [9.17, 15) is 14.9 Å². The van der Waals surface area contributed by atoms with E-state index in [-0.39, 0.29) is 16.5 Å². The highest BCUT2D eigenvalue weighted by Crippen LogP contribution is 2.36. The number of carbonyl (C=O) groups excluding carboxylic acids is 1. The molecule has 29 heavy (non-hydrogen) atoms. The second kappa shape index (κ2) is 8.80. The van der Waals surface area contributed by atoms with Crippen molar-refractivity contribution < 1.29 is 14.5 Å². The van der Waals surface area contributed by atoms with Crippen LogP contribution in [0.5, 0.6) is 0 Å². The van der Waals surface area contributed by atoms with Crippen molar-refractivity contribution in [2.24, 2.45) is 0 Å². The molecule has 0 saturated carbocycles. The number of rotatable bonds is 5. The summed E-state index contributed by atoms with van der Waals surface area (Å²) in [5.41, 5.74) is 2.22. The number of benzene rings is 2. The van der Waals surface area contributed by atoms with Crippen molar-refractivity contribution in [3.8, 4) is 10.4 Å². The van der Waals surface area contributed by atoms with Crippen molar-refractivity contribution in [3.63, 3.8) is 0 Å². The molecule has 3 aromatic rings. The maximum absolute atomic E-state index is 12.2. The Morgan fingerprint density at radius 3 is 2.52 bits per heavy atom. The van der Waals surface area contributed by atoms with Gasteiger partial charge in [-0.25, -0.2) is 4.79 Å². The molecular weight excluding hydrogens is 410 g/mol. The van der Waals surface area contributed by atoms with Crippen LogP contribution in [0.3, 0.4) is 0 Å². The minimum Gasteiger partial charge on any atom is -0.465 e. The van der Waals surface area contributed by atoms with E-state index in [0.717, 1.165) is 16.0 Å². The zero-order valence-corrected chi connectivity index (χ0v) is 17.2. The van der Waals surface area contributed by atoms with Crippen molar-refractivity contribution in [2.75, 3.05) is 17.7 Å². The number of carbonyl (C=O) groups is 1. The third-order valence-corrected chi connectivity index (χ3v) is 5.32. The average molecular weight is 428 g/mol. The van der Waals surface area contributed by atoms with E-state index in [4.69, 9.17) is 17.0 Å². The SMILES string of the molecule is COC(=O)c1cc(-c2ccccc2)sc1NC(=S)Nc1ccc(C)cc1[N+](=O)[O-]. The molecule has 3 rings (SSSR count). The number of ether oxygens (including phenoxy) is 1. The Balaban J connectivity index is 1.88. The second-order valence-corrected chi connectivity index (χ2v) is 7.53. The third-order valence-electron chi connectivity index (χ3n) is 4.02. The van der Waals surface area contributed by atoms with E-state index >= 15 is 0 Å². The number of thiocarbonyl (C=S) groups is 1. The van der Waals surface area contributed by atoms with Crippen LogP contribution in [0.4, 0.5) is 16.4 Å². The number of nitrogens with one attached hydrogen (secondary N) is 2. The minimum atomic E-state index is -0.505. The number of nitrogens with zero attached hydrogens (tertiary/aromatic N) is 1. The second-order valence-electron chi connectivity index (χ2n) is 6.07. The lowest BCUT2D eigenvalue weighted by atomic mass is 10.1. The van der Waals surface area contributed by atoms with Crippen LogP contribution in [-0.2, 0) is 4.74 Å². The highest BCUT2D eigenvalue weighted by atomic mass is 32.1. The standard InChI is InChI=1S/C20H17N3O4S2/c1-12-8-9-15(16(10-12)23(25)26)21-20(28)22-18-14(19(24)27-2)11-17(29-18)13-6-4-3-5-7-13/h3-11H,1-2H3,(H2,21,22,28). The maximum atomic E-state index is 12.2. The molecule has 1 heterocycles. The van der Waals surface area contributed by atoms with Gasteiger partial charge in [-0.1, -0.05) is 36.4 Å². The zero-order valence-electron chi connectivity index (χ0n) is 15.6.